The molecule has 0 amide bonds. The Morgan fingerprint density at radius 1 is 1.47 bits per heavy atom. The van der Waals surface area contributed by atoms with E-state index in [0.717, 1.165) is 5.56 Å². The summed E-state index contributed by atoms with van der Waals surface area (Å²) in [5.41, 5.74) is 0.602. The monoisotopic (exact) mass is 233 g/mol. The summed E-state index contributed by atoms with van der Waals surface area (Å²) >= 11 is 0. The summed E-state index contributed by atoms with van der Waals surface area (Å²) in [7, 11) is 0. The molecule has 0 bridgehead atoms. The summed E-state index contributed by atoms with van der Waals surface area (Å²) in [5, 5.41) is 0. The fraction of sp³-hybridized carbons (Fsp3) is 0.250. The van der Waals surface area contributed by atoms with Crippen molar-refractivity contribution in [2.75, 3.05) is 6.61 Å². The maximum absolute atomic E-state index is 11.5. The highest BCUT2D eigenvalue weighted by atomic mass is 16.5. The minimum Gasteiger partial charge on any atom is -0.461 e. The molecule has 0 atom stereocenters. The molecule has 0 N–H and O–H groups in total. The first kappa shape index (κ1) is 11.3. The number of hydrogen-bond donors (Lipinski definition) is 0. The lowest BCUT2D eigenvalue weighted by Crippen LogP contribution is -2.19. The molecule has 0 aliphatic carbocycles. The van der Waals surface area contributed by atoms with E-state index in [4.69, 9.17) is 9.15 Å². The molecule has 5 nitrogen and oxygen atoms in total. The second kappa shape index (κ2) is 4.37. The Bertz CT molecular complexity index is 630. The number of aryl methyl sites for hydroxylation is 1. The van der Waals surface area contributed by atoms with Crippen LogP contribution in [0, 0.1) is 6.92 Å². The largest absolute Gasteiger partial charge is 0.461 e. The summed E-state index contributed by atoms with van der Waals surface area (Å²) in [6, 6.07) is 5.21. The normalized spacial score (nSPS) is 10.5. The molecule has 2 rings (SSSR count). The lowest BCUT2D eigenvalue weighted by molar-refractivity contribution is 0.0514. The molecule has 0 fully saturated rings. The summed E-state index contributed by atoms with van der Waals surface area (Å²) in [6.45, 7) is 3.67. The molecule has 1 aromatic carbocycles. The number of para-hydroxylation sites is 1. The van der Waals surface area contributed by atoms with Crippen molar-refractivity contribution >= 4 is 17.1 Å². The molecular weight excluding hydrogens is 222 g/mol. The van der Waals surface area contributed by atoms with Gasteiger partial charge in [0.15, 0.2) is 5.58 Å². The Hall–Kier alpha value is -2.17. The quantitative estimate of drug-likeness (QED) is 0.738. The van der Waals surface area contributed by atoms with Gasteiger partial charge in [-0.05, 0) is 25.5 Å². The molecule has 2 aromatic rings. The Balaban J connectivity index is 2.66. The van der Waals surface area contributed by atoms with Gasteiger partial charge < -0.3 is 9.15 Å². The first-order valence-corrected chi connectivity index (χ1v) is 5.21. The SMILES string of the molecule is CCOC(=O)c1nc2c(C)cccc2oc1=O. The van der Waals surface area contributed by atoms with E-state index in [1.807, 2.05) is 13.0 Å². The van der Waals surface area contributed by atoms with E-state index < -0.39 is 11.6 Å². The van der Waals surface area contributed by atoms with E-state index in [1.165, 1.54) is 0 Å². The first-order chi connectivity index (χ1) is 8.13. The van der Waals surface area contributed by atoms with Crippen LogP contribution in [-0.4, -0.2) is 17.6 Å². The van der Waals surface area contributed by atoms with E-state index in [2.05, 4.69) is 4.98 Å². The number of hydrogen-bond acceptors (Lipinski definition) is 5. The van der Waals surface area contributed by atoms with Gasteiger partial charge in [0, 0.05) is 0 Å². The third kappa shape index (κ3) is 2.04. The molecule has 88 valence electrons. The lowest BCUT2D eigenvalue weighted by atomic mass is 10.2. The highest BCUT2D eigenvalue weighted by Crippen LogP contribution is 2.14. The molecule has 5 heteroatoms. The summed E-state index contributed by atoms with van der Waals surface area (Å²) < 4.78 is 9.76. The summed E-state index contributed by atoms with van der Waals surface area (Å²) in [6.07, 6.45) is 0. The smallest absolute Gasteiger partial charge is 0.370 e. The van der Waals surface area contributed by atoms with Gasteiger partial charge in [0.2, 0.25) is 5.69 Å². The van der Waals surface area contributed by atoms with Gasteiger partial charge in [0.1, 0.15) is 5.52 Å². The molecule has 0 aliphatic rings. The van der Waals surface area contributed by atoms with Crippen molar-refractivity contribution in [3.8, 4) is 0 Å². The number of ether oxygens (including phenoxy) is 1. The average molecular weight is 233 g/mol. The number of rotatable bonds is 2. The van der Waals surface area contributed by atoms with Crippen LogP contribution in [0.2, 0.25) is 0 Å². The third-order valence-electron chi connectivity index (χ3n) is 2.29. The van der Waals surface area contributed by atoms with Gasteiger partial charge in [-0.15, -0.1) is 0 Å². The number of aromatic nitrogens is 1. The van der Waals surface area contributed by atoms with E-state index in [9.17, 15) is 9.59 Å². The van der Waals surface area contributed by atoms with Gasteiger partial charge in [0.05, 0.1) is 6.61 Å². The molecule has 0 aliphatic heterocycles. The minimum absolute atomic E-state index is 0.186. The highest BCUT2D eigenvalue weighted by molar-refractivity contribution is 5.89. The molecular formula is C12H11NO4. The molecule has 1 heterocycles. The van der Waals surface area contributed by atoms with E-state index in [1.54, 1.807) is 19.1 Å². The van der Waals surface area contributed by atoms with E-state index in [0.29, 0.717) is 11.1 Å². The Morgan fingerprint density at radius 3 is 2.94 bits per heavy atom. The van der Waals surface area contributed by atoms with Crippen molar-refractivity contribution in [3.05, 3.63) is 39.9 Å². The van der Waals surface area contributed by atoms with Crippen molar-refractivity contribution in [3.63, 3.8) is 0 Å². The van der Waals surface area contributed by atoms with Crippen LogP contribution >= 0.6 is 0 Å². The maximum Gasteiger partial charge on any atom is 0.370 e. The molecule has 1 aromatic heterocycles. The van der Waals surface area contributed by atoms with Gasteiger partial charge in [0.25, 0.3) is 0 Å². The zero-order valence-electron chi connectivity index (χ0n) is 9.52. The van der Waals surface area contributed by atoms with E-state index in [-0.39, 0.29) is 12.3 Å². The second-order valence-corrected chi connectivity index (χ2v) is 3.49. The standard InChI is InChI=1S/C12H11NO4/c1-3-16-11(14)10-12(15)17-8-6-4-5-7(2)9(8)13-10/h4-6H,3H2,1-2H3. The fourth-order valence-corrected chi connectivity index (χ4v) is 1.49. The van der Waals surface area contributed by atoms with Crippen molar-refractivity contribution in [1.29, 1.82) is 0 Å². The maximum atomic E-state index is 11.5. The van der Waals surface area contributed by atoms with Gasteiger partial charge in [-0.25, -0.2) is 14.6 Å². The molecule has 0 unspecified atom stereocenters. The van der Waals surface area contributed by atoms with Gasteiger partial charge in [-0.1, -0.05) is 12.1 Å². The van der Waals surface area contributed by atoms with Crippen LogP contribution in [0.25, 0.3) is 11.1 Å². The zero-order chi connectivity index (χ0) is 12.4. The van der Waals surface area contributed by atoms with Crippen molar-refractivity contribution in [2.24, 2.45) is 0 Å². The third-order valence-corrected chi connectivity index (χ3v) is 2.29. The second-order valence-electron chi connectivity index (χ2n) is 3.49. The van der Waals surface area contributed by atoms with Crippen LogP contribution in [0.5, 0.6) is 0 Å². The molecule has 0 radical (unpaired) electrons. The van der Waals surface area contributed by atoms with Crippen LogP contribution in [0.15, 0.2) is 27.4 Å². The fourth-order valence-electron chi connectivity index (χ4n) is 1.49. The van der Waals surface area contributed by atoms with Crippen LogP contribution in [0.4, 0.5) is 0 Å². The Labute approximate surface area is 97.0 Å². The number of benzene rings is 1. The summed E-state index contributed by atoms with van der Waals surface area (Å²) in [5.74, 6) is -0.758. The zero-order valence-corrected chi connectivity index (χ0v) is 9.52. The topological polar surface area (TPSA) is 69.4 Å². The number of carbonyl (C=O) groups excluding carboxylic acids is 1. The van der Waals surface area contributed by atoms with Crippen LogP contribution in [0.1, 0.15) is 23.0 Å². The average Bonchev–Trinajstić information content (AvgIpc) is 2.29. The van der Waals surface area contributed by atoms with Crippen molar-refractivity contribution in [1.82, 2.24) is 4.98 Å². The van der Waals surface area contributed by atoms with Crippen molar-refractivity contribution < 1.29 is 13.9 Å². The first-order valence-electron chi connectivity index (χ1n) is 5.21. The van der Waals surface area contributed by atoms with Crippen LogP contribution < -0.4 is 5.63 Å². The highest BCUT2D eigenvalue weighted by Gasteiger charge is 2.17. The predicted octanol–water partition coefficient (Wildman–Crippen LogP) is 1.67. The van der Waals surface area contributed by atoms with Crippen LogP contribution in [0.3, 0.4) is 0 Å². The predicted molar refractivity (Wildman–Crippen MR) is 61.0 cm³/mol. The molecule has 0 spiro atoms. The van der Waals surface area contributed by atoms with E-state index >= 15 is 0 Å². The Kier molecular flexibility index (Phi) is 2.91. The van der Waals surface area contributed by atoms with Gasteiger partial charge in [-0.3, -0.25) is 0 Å². The summed E-state index contributed by atoms with van der Waals surface area (Å²) in [4.78, 5) is 27.0. The van der Waals surface area contributed by atoms with Crippen LogP contribution in [-0.2, 0) is 4.74 Å². The van der Waals surface area contributed by atoms with Crippen molar-refractivity contribution in [2.45, 2.75) is 13.8 Å². The number of fused-ring (bicyclic) bond motifs is 1. The number of nitrogens with zero attached hydrogens (tertiary/aromatic N) is 1. The molecule has 0 saturated carbocycles. The lowest BCUT2D eigenvalue weighted by Gasteiger charge is -2.02. The number of esters is 1. The molecule has 0 saturated heterocycles. The van der Waals surface area contributed by atoms with Gasteiger partial charge in [-0.2, -0.15) is 0 Å². The number of carbonyl (C=O) groups is 1. The van der Waals surface area contributed by atoms with Gasteiger partial charge >= 0.3 is 11.6 Å². The molecule has 17 heavy (non-hydrogen) atoms. The Morgan fingerprint density at radius 2 is 2.24 bits per heavy atom. The minimum atomic E-state index is -0.776.